The van der Waals surface area contributed by atoms with Gasteiger partial charge in [0.15, 0.2) is 0 Å². The van der Waals surface area contributed by atoms with Crippen LogP contribution in [0.4, 0.5) is 0 Å². The quantitative estimate of drug-likeness (QED) is 0.860. The normalized spacial score (nSPS) is 17.5. The summed E-state index contributed by atoms with van der Waals surface area (Å²) in [6.07, 6.45) is 0. The second-order valence-electron chi connectivity index (χ2n) is 5.76. The van der Waals surface area contributed by atoms with Gasteiger partial charge in [0.25, 0.3) is 0 Å². The first-order valence-electron chi connectivity index (χ1n) is 7.91. The summed E-state index contributed by atoms with van der Waals surface area (Å²) in [7, 11) is 1.34. The second kappa shape index (κ2) is 7.34. The fraction of sp³-hybridized carbons (Fsp3) is 0.368. The molecule has 128 valence electrons. The van der Waals surface area contributed by atoms with Crippen molar-refractivity contribution in [2.45, 2.75) is 33.6 Å². The summed E-state index contributed by atoms with van der Waals surface area (Å²) in [5.41, 5.74) is 4.18. The zero-order chi connectivity index (χ0) is 17.9. The van der Waals surface area contributed by atoms with E-state index in [2.05, 4.69) is 5.32 Å². The number of aryl methyl sites for hydroxylation is 1. The predicted octanol–water partition coefficient (Wildman–Crippen LogP) is 2.97. The standard InChI is InChI=1S/C19H23NO4/c1-6-24-19(22)16-13(4)20-12(3)15(18(21)23-5)17(16)14-9-7-11(2)8-10-14/h7-10,17,20H,6H2,1-5H3/t17-/m0/s1. The van der Waals surface area contributed by atoms with E-state index in [-0.39, 0.29) is 6.61 Å². The SMILES string of the molecule is CCOC(=O)C1=C(C)NC(C)=C(C(=O)OC)[C@@H]1c1ccc(C)cc1. The summed E-state index contributed by atoms with van der Waals surface area (Å²) in [5, 5.41) is 3.10. The molecule has 0 aromatic heterocycles. The molecule has 5 heteroatoms. The molecule has 0 spiro atoms. The lowest BCUT2D eigenvalue weighted by Crippen LogP contribution is -2.32. The van der Waals surface area contributed by atoms with Crippen molar-refractivity contribution < 1.29 is 19.1 Å². The summed E-state index contributed by atoms with van der Waals surface area (Å²) in [6.45, 7) is 7.63. The number of allylic oxidation sites excluding steroid dienone is 2. The molecule has 24 heavy (non-hydrogen) atoms. The van der Waals surface area contributed by atoms with E-state index in [1.54, 1.807) is 13.8 Å². The summed E-state index contributed by atoms with van der Waals surface area (Å²) < 4.78 is 10.2. The van der Waals surface area contributed by atoms with Crippen LogP contribution in [0.1, 0.15) is 37.8 Å². The Morgan fingerprint density at radius 2 is 1.54 bits per heavy atom. The number of carbonyl (C=O) groups is 2. The number of carbonyl (C=O) groups excluding carboxylic acids is 2. The van der Waals surface area contributed by atoms with E-state index in [9.17, 15) is 9.59 Å². The lowest BCUT2D eigenvalue weighted by molar-refractivity contribution is -0.139. The van der Waals surface area contributed by atoms with Crippen LogP contribution in [0.5, 0.6) is 0 Å². The van der Waals surface area contributed by atoms with E-state index in [0.717, 1.165) is 11.1 Å². The fourth-order valence-electron chi connectivity index (χ4n) is 2.95. The number of esters is 2. The van der Waals surface area contributed by atoms with Crippen LogP contribution in [-0.4, -0.2) is 25.7 Å². The molecule has 0 aliphatic carbocycles. The van der Waals surface area contributed by atoms with Gasteiger partial charge in [0.2, 0.25) is 0 Å². The average molecular weight is 329 g/mol. The molecule has 5 nitrogen and oxygen atoms in total. The molecule has 1 aliphatic heterocycles. The molecule has 0 saturated heterocycles. The molecule has 0 unspecified atom stereocenters. The van der Waals surface area contributed by atoms with Crippen LogP contribution in [0.3, 0.4) is 0 Å². The average Bonchev–Trinajstić information content (AvgIpc) is 2.54. The van der Waals surface area contributed by atoms with E-state index < -0.39 is 17.9 Å². The maximum atomic E-state index is 12.5. The van der Waals surface area contributed by atoms with Crippen molar-refractivity contribution in [1.29, 1.82) is 0 Å². The van der Waals surface area contributed by atoms with Gasteiger partial charge < -0.3 is 14.8 Å². The number of dihydropyridines is 1. The number of benzene rings is 1. The van der Waals surface area contributed by atoms with E-state index in [1.165, 1.54) is 7.11 Å². The van der Waals surface area contributed by atoms with Gasteiger partial charge in [0.05, 0.1) is 30.8 Å². The third-order valence-electron chi connectivity index (χ3n) is 4.07. The highest BCUT2D eigenvalue weighted by molar-refractivity contribution is 5.99. The van der Waals surface area contributed by atoms with Gasteiger partial charge in [-0.25, -0.2) is 9.59 Å². The molecule has 1 aromatic carbocycles. The number of ether oxygens (including phenoxy) is 2. The number of hydrogen-bond donors (Lipinski definition) is 1. The molecule has 2 rings (SSSR count). The fourth-order valence-corrected chi connectivity index (χ4v) is 2.95. The highest BCUT2D eigenvalue weighted by Crippen LogP contribution is 2.39. The number of rotatable bonds is 4. The molecule has 0 bridgehead atoms. The highest BCUT2D eigenvalue weighted by Gasteiger charge is 2.37. The Kier molecular flexibility index (Phi) is 5.44. The van der Waals surface area contributed by atoms with E-state index in [4.69, 9.17) is 9.47 Å². The minimum absolute atomic E-state index is 0.270. The molecule has 1 aliphatic rings. The van der Waals surface area contributed by atoms with Crippen molar-refractivity contribution >= 4 is 11.9 Å². The van der Waals surface area contributed by atoms with Crippen LogP contribution in [0, 0.1) is 6.92 Å². The van der Waals surface area contributed by atoms with E-state index in [1.807, 2.05) is 38.1 Å². The smallest absolute Gasteiger partial charge is 0.336 e. The number of nitrogens with one attached hydrogen (secondary N) is 1. The first kappa shape index (κ1) is 17.8. The minimum atomic E-state index is -0.515. The molecule has 0 radical (unpaired) electrons. The minimum Gasteiger partial charge on any atom is -0.466 e. The van der Waals surface area contributed by atoms with Gasteiger partial charge in [-0.1, -0.05) is 29.8 Å². The summed E-state index contributed by atoms with van der Waals surface area (Å²) in [4.78, 5) is 24.9. The molecule has 0 saturated carbocycles. The van der Waals surface area contributed by atoms with Crippen molar-refractivity contribution in [3.8, 4) is 0 Å². The molecular weight excluding hydrogens is 306 g/mol. The predicted molar refractivity (Wildman–Crippen MR) is 91.1 cm³/mol. The maximum absolute atomic E-state index is 12.5. The van der Waals surface area contributed by atoms with Gasteiger partial charge in [0.1, 0.15) is 0 Å². The molecule has 0 amide bonds. The Labute approximate surface area is 142 Å². The summed E-state index contributed by atoms with van der Waals surface area (Å²) >= 11 is 0. The largest absolute Gasteiger partial charge is 0.466 e. The van der Waals surface area contributed by atoms with E-state index in [0.29, 0.717) is 22.5 Å². The van der Waals surface area contributed by atoms with Crippen LogP contribution >= 0.6 is 0 Å². The number of hydrogen-bond acceptors (Lipinski definition) is 5. The first-order valence-corrected chi connectivity index (χ1v) is 7.91. The Morgan fingerprint density at radius 3 is 2.04 bits per heavy atom. The number of methoxy groups -OCH3 is 1. The highest BCUT2D eigenvalue weighted by atomic mass is 16.5. The van der Waals surface area contributed by atoms with Crippen molar-refractivity contribution in [2.75, 3.05) is 13.7 Å². The lowest BCUT2D eigenvalue weighted by Gasteiger charge is -2.30. The monoisotopic (exact) mass is 329 g/mol. The van der Waals surface area contributed by atoms with Gasteiger partial charge in [-0.15, -0.1) is 0 Å². The van der Waals surface area contributed by atoms with Gasteiger partial charge >= 0.3 is 11.9 Å². The Morgan fingerprint density at radius 1 is 1.00 bits per heavy atom. The maximum Gasteiger partial charge on any atom is 0.336 e. The van der Waals surface area contributed by atoms with Crippen molar-refractivity contribution in [1.82, 2.24) is 5.32 Å². The third-order valence-corrected chi connectivity index (χ3v) is 4.07. The molecule has 1 atom stereocenters. The summed E-state index contributed by atoms with van der Waals surface area (Å²) in [5.74, 6) is -1.40. The van der Waals surface area contributed by atoms with Crippen LogP contribution in [0.15, 0.2) is 46.8 Å². The summed E-state index contributed by atoms with van der Waals surface area (Å²) in [6, 6.07) is 7.77. The Bertz CT molecular complexity index is 713. The zero-order valence-corrected chi connectivity index (χ0v) is 14.7. The van der Waals surface area contributed by atoms with Gasteiger partial charge in [-0.05, 0) is 33.3 Å². The van der Waals surface area contributed by atoms with Gasteiger partial charge in [-0.3, -0.25) is 0 Å². The molecular formula is C19H23NO4. The van der Waals surface area contributed by atoms with Gasteiger partial charge in [-0.2, -0.15) is 0 Å². The zero-order valence-electron chi connectivity index (χ0n) is 14.7. The molecule has 0 fully saturated rings. The van der Waals surface area contributed by atoms with Crippen molar-refractivity contribution in [3.05, 3.63) is 57.9 Å². The first-order chi connectivity index (χ1) is 11.4. The van der Waals surface area contributed by atoms with E-state index >= 15 is 0 Å². The molecule has 1 heterocycles. The van der Waals surface area contributed by atoms with Gasteiger partial charge in [0, 0.05) is 11.4 Å². The van der Waals surface area contributed by atoms with Crippen molar-refractivity contribution in [2.24, 2.45) is 0 Å². The second-order valence-corrected chi connectivity index (χ2v) is 5.76. The topological polar surface area (TPSA) is 64.6 Å². The Hall–Kier alpha value is -2.56. The van der Waals surface area contributed by atoms with Crippen LogP contribution in [-0.2, 0) is 19.1 Å². The van der Waals surface area contributed by atoms with Crippen LogP contribution in [0.25, 0.3) is 0 Å². The third kappa shape index (κ3) is 3.35. The van der Waals surface area contributed by atoms with Crippen molar-refractivity contribution in [3.63, 3.8) is 0 Å². The Balaban J connectivity index is 2.63. The van der Waals surface area contributed by atoms with Crippen LogP contribution < -0.4 is 5.32 Å². The lowest BCUT2D eigenvalue weighted by atomic mass is 9.80. The molecule has 1 N–H and O–H groups in total. The molecule has 1 aromatic rings. The van der Waals surface area contributed by atoms with Crippen LogP contribution in [0.2, 0.25) is 0 Å².